The first-order valence-electron chi connectivity index (χ1n) is 12.1. The van der Waals surface area contributed by atoms with Gasteiger partial charge in [-0.05, 0) is 68.6 Å². The number of unbranched alkanes of at least 4 members (excludes halogenated alkanes) is 6. The molecule has 2 saturated carbocycles. The summed E-state index contributed by atoms with van der Waals surface area (Å²) >= 11 is 0. The van der Waals surface area contributed by atoms with E-state index in [0.717, 1.165) is 23.7 Å². The lowest BCUT2D eigenvalue weighted by Gasteiger charge is -2.37. The number of hydrogen-bond donors (Lipinski definition) is 0. The maximum absolute atomic E-state index is 12.2. The Morgan fingerprint density at radius 2 is 1.31 bits per heavy atom. The van der Waals surface area contributed by atoms with Crippen LogP contribution in [0, 0.1) is 23.7 Å². The third kappa shape index (κ3) is 8.57. The van der Waals surface area contributed by atoms with E-state index < -0.39 is 0 Å². The van der Waals surface area contributed by atoms with Gasteiger partial charge in [0.25, 0.3) is 0 Å². The van der Waals surface area contributed by atoms with Crippen LogP contribution >= 0.6 is 0 Å². The highest BCUT2D eigenvalue weighted by atomic mass is 19.1. The summed E-state index contributed by atoms with van der Waals surface area (Å²) in [6.45, 7) is 2.10. The van der Waals surface area contributed by atoms with Crippen LogP contribution in [0.1, 0.15) is 116 Å². The lowest BCUT2D eigenvalue weighted by Crippen LogP contribution is -2.25. The lowest BCUT2D eigenvalue weighted by molar-refractivity contribution is 0.151. The van der Waals surface area contributed by atoms with E-state index >= 15 is 0 Å². The summed E-state index contributed by atoms with van der Waals surface area (Å²) in [5.41, 5.74) is 0. The van der Waals surface area contributed by atoms with Crippen molar-refractivity contribution < 1.29 is 4.39 Å². The zero-order chi connectivity index (χ0) is 18.5. The third-order valence-electron chi connectivity index (χ3n) is 7.27. The van der Waals surface area contributed by atoms with Gasteiger partial charge in [0.1, 0.15) is 0 Å². The van der Waals surface area contributed by atoms with Crippen LogP contribution in [0.5, 0.6) is 0 Å². The summed E-state index contributed by atoms with van der Waals surface area (Å²) in [6, 6.07) is 0. The fraction of sp³-hybridized carbons (Fsp3) is 0.920. The number of alkyl halides is 1. The van der Waals surface area contributed by atoms with E-state index in [0.29, 0.717) is 6.42 Å². The van der Waals surface area contributed by atoms with Crippen molar-refractivity contribution in [3.63, 3.8) is 0 Å². The molecule has 1 heteroatoms. The van der Waals surface area contributed by atoms with Crippen molar-refractivity contribution in [2.45, 2.75) is 116 Å². The van der Waals surface area contributed by atoms with Crippen LogP contribution < -0.4 is 0 Å². The molecule has 0 nitrogen and oxygen atoms in total. The smallest absolute Gasteiger partial charge is 0.0928 e. The van der Waals surface area contributed by atoms with Gasteiger partial charge in [-0.15, -0.1) is 0 Å². The van der Waals surface area contributed by atoms with Gasteiger partial charge in [-0.2, -0.15) is 0 Å². The number of allylic oxidation sites excluding steroid dienone is 2. The quantitative estimate of drug-likeness (QED) is 0.240. The topological polar surface area (TPSA) is 0 Å². The fourth-order valence-electron chi connectivity index (χ4n) is 5.50. The molecule has 0 N–H and O–H groups in total. The molecule has 152 valence electrons. The van der Waals surface area contributed by atoms with Crippen molar-refractivity contribution in [2.24, 2.45) is 23.7 Å². The first kappa shape index (κ1) is 22.0. The van der Waals surface area contributed by atoms with Crippen molar-refractivity contribution in [2.75, 3.05) is 6.67 Å². The number of rotatable bonds is 12. The van der Waals surface area contributed by atoms with E-state index in [9.17, 15) is 4.39 Å². The molecule has 0 aliphatic heterocycles. The standard InChI is InChI=1S/C25H45F/c1-2-3-4-5-6-7-8-11-22-13-17-24(18-14-22)25-19-15-23(16-20-25)12-9-10-21-26/h9,12,22-25H,2-8,10-11,13-21H2,1H3/b12-9+. The van der Waals surface area contributed by atoms with Crippen molar-refractivity contribution >= 4 is 0 Å². The molecule has 26 heavy (non-hydrogen) atoms. The molecule has 0 atom stereocenters. The Morgan fingerprint density at radius 1 is 0.731 bits per heavy atom. The highest BCUT2D eigenvalue weighted by molar-refractivity contribution is 4.92. The maximum Gasteiger partial charge on any atom is 0.0928 e. The van der Waals surface area contributed by atoms with Gasteiger partial charge in [-0.1, -0.05) is 83.3 Å². The molecular weight excluding hydrogens is 319 g/mol. The Morgan fingerprint density at radius 3 is 1.92 bits per heavy atom. The second kappa shape index (κ2) is 13.8. The third-order valence-corrected chi connectivity index (χ3v) is 7.27. The largest absolute Gasteiger partial charge is 0.251 e. The minimum atomic E-state index is -0.200. The van der Waals surface area contributed by atoms with Crippen LogP contribution in [0.15, 0.2) is 12.2 Å². The lowest BCUT2D eigenvalue weighted by atomic mass is 9.68. The van der Waals surface area contributed by atoms with Crippen LogP contribution in [0.3, 0.4) is 0 Å². The Balaban J connectivity index is 1.51. The van der Waals surface area contributed by atoms with Crippen LogP contribution in [0.25, 0.3) is 0 Å². The van der Waals surface area contributed by atoms with Crippen molar-refractivity contribution in [1.29, 1.82) is 0 Å². The fourth-order valence-corrected chi connectivity index (χ4v) is 5.50. The molecule has 2 fully saturated rings. The normalized spacial score (nSPS) is 30.1. The Kier molecular flexibility index (Phi) is 11.6. The summed E-state index contributed by atoms with van der Waals surface area (Å²) in [4.78, 5) is 0. The van der Waals surface area contributed by atoms with Gasteiger partial charge in [-0.3, -0.25) is 4.39 Å². The van der Waals surface area contributed by atoms with Gasteiger partial charge in [0, 0.05) is 0 Å². The highest BCUT2D eigenvalue weighted by Crippen LogP contribution is 2.42. The molecule has 0 aromatic heterocycles. The maximum atomic E-state index is 12.2. The molecule has 0 heterocycles. The van der Waals surface area contributed by atoms with E-state index in [4.69, 9.17) is 0 Å². The van der Waals surface area contributed by atoms with Crippen LogP contribution in [-0.2, 0) is 0 Å². The molecule has 0 radical (unpaired) electrons. The molecule has 0 spiro atoms. The van der Waals surface area contributed by atoms with E-state index in [1.54, 1.807) is 0 Å². The Labute approximate surface area is 163 Å². The highest BCUT2D eigenvalue weighted by Gasteiger charge is 2.30. The van der Waals surface area contributed by atoms with Crippen LogP contribution in [-0.4, -0.2) is 6.67 Å². The second-order valence-corrected chi connectivity index (χ2v) is 9.27. The molecule has 0 aromatic carbocycles. The van der Waals surface area contributed by atoms with E-state index in [2.05, 4.69) is 19.1 Å². The molecular formula is C25H45F. The van der Waals surface area contributed by atoms with E-state index in [-0.39, 0.29) is 6.67 Å². The van der Waals surface area contributed by atoms with Crippen molar-refractivity contribution in [1.82, 2.24) is 0 Å². The van der Waals surface area contributed by atoms with Gasteiger partial charge in [-0.25, -0.2) is 0 Å². The van der Waals surface area contributed by atoms with Gasteiger partial charge < -0.3 is 0 Å². The zero-order valence-electron chi connectivity index (χ0n) is 17.6. The summed E-state index contributed by atoms with van der Waals surface area (Å²) in [7, 11) is 0. The van der Waals surface area contributed by atoms with Gasteiger partial charge in [0.05, 0.1) is 6.67 Å². The zero-order valence-corrected chi connectivity index (χ0v) is 17.6. The molecule has 0 aromatic rings. The minimum Gasteiger partial charge on any atom is -0.251 e. The van der Waals surface area contributed by atoms with E-state index in [1.165, 1.54) is 103 Å². The van der Waals surface area contributed by atoms with Gasteiger partial charge in [0.15, 0.2) is 0 Å². The Hall–Kier alpha value is -0.330. The first-order valence-corrected chi connectivity index (χ1v) is 12.1. The molecule has 0 unspecified atom stereocenters. The van der Waals surface area contributed by atoms with Crippen LogP contribution in [0.2, 0.25) is 0 Å². The first-order chi connectivity index (χ1) is 12.8. The molecule has 0 bridgehead atoms. The molecule has 2 aliphatic rings. The summed E-state index contributed by atoms with van der Waals surface area (Å²) in [5, 5.41) is 0. The van der Waals surface area contributed by atoms with Crippen molar-refractivity contribution in [3.05, 3.63) is 12.2 Å². The van der Waals surface area contributed by atoms with Crippen molar-refractivity contribution in [3.8, 4) is 0 Å². The molecule has 2 rings (SSSR count). The Bertz CT molecular complexity index is 345. The van der Waals surface area contributed by atoms with Crippen LogP contribution in [0.4, 0.5) is 4.39 Å². The SMILES string of the molecule is CCCCCCCCCC1CCC(C2CCC(/C=C/CCF)CC2)CC1. The minimum absolute atomic E-state index is 0.200. The summed E-state index contributed by atoms with van der Waals surface area (Å²) in [6.07, 6.45) is 28.2. The number of halogens is 1. The summed E-state index contributed by atoms with van der Waals surface area (Å²) < 4.78 is 12.2. The average Bonchev–Trinajstić information content (AvgIpc) is 2.69. The number of hydrogen-bond acceptors (Lipinski definition) is 0. The predicted molar refractivity (Wildman–Crippen MR) is 113 cm³/mol. The second-order valence-electron chi connectivity index (χ2n) is 9.27. The van der Waals surface area contributed by atoms with Gasteiger partial charge in [0.2, 0.25) is 0 Å². The predicted octanol–water partition coefficient (Wildman–Crippen LogP) is 8.66. The summed E-state index contributed by atoms with van der Waals surface area (Å²) in [5.74, 6) is 3.81. The average molecular weight is 365 g/mol. The molecule has 0 amide bonds. The van der Waals surface area contributed by atoms with E-state index in [1.807, 2.05) is 0 Å². The monoisotopic (exact) mass is 364 g/mol. The molecule has 2 aliphatic carbocycles. The van der Waals surface area contributed by atoms with Gasteiger partial charge >= 0.3 is 0 Å². The molecule has 0 saturated heterocycles.